The molecule has 2 aromatic heterocycles. The van der Waals surface area contributed by atoms with Gasteiger partial charge in [0, 0.05) is 24.0 Å². The predicted octanol–water partition coefficient (Wildman–Crippen LogP) is 3.39. The lowest BCUT2D eigenvalue weighted by molar-refractivity contribution is 0.201. The molecule has 2 aromatic rings. The van der Waals surface area contributed by atoms with Crippen molar-refractivity contribution < 1.29 is 4.74 Å². The Hall–Kier alpha value is -2.19. The van der Waals surface area contributed by atoms with Crippen molar-refractivity contribution in [3.63, 3.8) is 0 Å². The van der Waals surface area contributed by atoms with Gasteiger partial charge in [-0.1, -0.05) is 11.6 Å². The van der Waals surface area contributed by atoms with E-state index in [2.05, 4.69) is 15.0 Å². The quantitative estimate of drug-likeness (QED) is 0.813. The molecular weight excluding hydrogens is 288 g/mol. The van der Waals surface area contributed by atoms with Crippen LogP contribution in [0.15, 0.2) is 24.5 Å². The van der Waals surface area contributed by atoms with Crippen LogP contribution in [0, 0.1) is 11.3 Å². The fraction of sp³-hybridized carbons (Fsp3) is 0.333. The van der Waals surface area contributed by atoms with E-state index in [1.165, 1.54) is 19.0 Å². The Bertz CT molecular complexity index is 692. The Morgan fingerprint density at radius 1 is 1.19 bits per heavy atom. The maximum absolute atomic E-state index is 8.93. The second-order valence-corrected chi connectivity index (χ2v) is 5.34. The van der Waals surface area contributed by atoms with Crippen LogP contribution >= 0.6 is 11.6 Å². The Morgan fingerprint density at radius 2 is 2.00 bits per heavy atom. The lowest BCUT2D eigenvalue weighted by Gasteiger charge is -2.12. The van der Waals surface area contributed by atoms with Crippen LogP contribution in [0.3, 0.4) is 0 Å². The first-order chi connectivity index (χ1) is 10.2. The van der Waals surface area contributed by atoms with Crippen molar-refractivity contribution in [3.05, 3.63) is 35.2 Å². The topological polar surface area (TPSA) is 71.7 Å². The van der Waals surface area contributed by atoms with Crippen molar-refractivity contribution in [3.8, 4) is 23.3 Å². The van der Waals surface area contributed by atoms with Crippen molar-refractivity contribution >= 4 is 11.6 Å². The average Bonchev–Trinajstić information content (AvgIpc) is 2.99. The number of halogens is 1. The third-order valence-electron chi connectivity index (χ3n) is 3.39. The highest BCUT2D eigenvalue weighted by Gasteiger charge is 2.18. The molecule has 1 aliphatic carbocycles. The smallest absolute Gasteiger partial charge is 0.218 e. The molecule has 0 saturated heterocycles. The van der Waals surface area contributed by atoms with Gasteiger partial charge in [0.15, 0.2) is 5.82 Å². The zero-order chi connectivity index (χ0) is 14.7. The predicted molar refractivity (Wildman–Crippen MR) is 77.9 cm³/mol. The molecule has 0 atom stereocenters. The average molecular weight is 301 g/mol. The SMILES string of the molecule is N#Cc1cncc(-c2nc(Cl)cc(OC3CCCC3)n2)c1. The molecule has 5 nitrogen and oxygen atoms in total. The van der Waals surface area contributed by atoms with Gasteiger partial charge in [0.05, 0.1) is 5.56 Å². The molecule has 0 spiro atoms. The second-order valence-electron chi connectivity index (χ2n) is 4.95. The number of aromatic nitrogens is 3. The van der Waals surface area contributed by atoms with Crippen molar-refractivity contribution in [2.45, 2.75) is 31.8 Å². The number of nitriles is 1. The van der Waals surface area contributed by atoms with Crippen molar-refractivity contribution in [2.75, 3.05) is 0 Å². The van der Waals surface area contributed by atoms with E-state index < -0.39 is 0 Å². The van der Waals surface area contributed by atoms with Crippen LogP contribution in [-0.2, 0) is 0 Å². The van der Waals surface area contributed by atoms with Gasteiger partial charge in [-0.25, -0.2) is 4.98 Å². The molecule has 6 heteroatoms. The largest absolute Gasteiger partial charge is 0.474 e. The summed E-state index contributed by atoms with van der Waals surface area (Å²) in [5, 5.41) is 9.24. The fourth-order valence-electron chi connectivity index (χ4n) is 2.39. The minimum Gasteiger partial charge on any atom is -0.474 e. The molecule has 0 bridgehead atoms. The first-order valence-electron chi connectivity index (χ1n) is 6.81. The van der Waals surface area contributed by atoms with E-state index in [1.54, 1.807) is 18.3 Å². The summed E-state index contributed by atoms with van der Waals surface area (Å²) in [7, 11) is 0. The molecule has 21 heavy (non-hydrogen) atoms. The van der Waals surface area contributed by atoms with E-state index in [-0.39, 0.29) is 6.10 Å². The first-order valence-corrected chi connectivity index (χ1v) is 7.19. The maximum Gasteiger partial charge on any atom is 0.218 e. The number of pyridine rings is 1. The molecular formula is C15H13ClN4O. The fourth-order valence-corrected chi connectivity index (χ4v) is 2.56. The summed E-state index contributed by atoms with van der Waals surface area (Å²) in [6.45, 7) is 0. The van der Waals surface area contributed by atoms with Gasteiger partial charge in [-0.15, -0.1) is 0 Å². The third kappa shape index (κ3) is 3.29. The molecule has 1 saturated carbocycles. The number of nitrogens with zero attached hydrogens (tertiary/aromatic N) is 4. The zero-order valence-corrected chi connectivity index (χ0v) is 12.0. The van der Waals surface area contributed by atoms with Crippen LogP contribution in [0.4, 0.5) is 0 Å². The third-order valence-corrected chi connectivity index (χ3v) is 3.58. The molecule has 1 aliphatic rings. The highest BCUT2D eigenvalue weighted by Crippen LogP contribution is 2.26. The summed E-state index contributed by atoms with van der Waals surface area (Å²) >= 11 is 6.04. The van der Waals surface area contributed by atoms with E-state index in [1.807, 2.05) is 6.07 Å². The molecule has 1 fully saturated rings. The van der Waals surface area contributed by atoms with Gasteiger partial charge in [-0.2, -0.15) is 10.2 Å². The lowest BCUT2D eigenvalue weighted by atomic mass is 10.2. The van der Waals surface area contributed by atoms with Crippen LogP contribution in [0.2, 0.25) is 5.15 Å². The second kappa shape index (κ2) is 6.06. The summed E-state index contributed by atoms with van der Waals surface area (Å²) < 4.78 is 5.85. The molecule has 106 valence electrons. The number of rotatable bonds is 3. The molecule has 3 rings (SSSR count). The maximum atomic E-state index is 8.93. The molecule has 0 unspecified atom stereocenters. The van der Waals surface area contributed by atoms with Gasteiger partial charge in [0.25, 0.3) is 0 Å². The van der Waals surface area contributed by atoms with Crippen molar-refractivity contribution in [1.82, 2.24) is 15.0 Å². The molecule has 0 N–H and O–H groups in total. The Morgan fingerprint density at radius 3 is 2.76 bits per heavy atom. The van der Waals surface area contributed by atoms with E-state index in [0.29, 0.717) is 28.0 Å². The van der Waals surface area contributed by atoms with Gasteiger partial charge < -0.3 is 4.74 Å². The van der Waals surface area contributed by atoms with Gasteiger partial charge in [-0.05, 0) is 31.7 Å². The van der Waals surface area contributed by atoms with E-state index >= 15 is 0 Å². The van der Waals surface area contributed by atoms with Gasteiger partial charge in [0.2, 0.25) is 5.88 Å². The monoisotopic (exact) mass is 300 g/mol. The van der Waals surface area contributed by atoms with Crippen LogP contribution < -0.4 is 4.74 Å². The van der Waals surface area contributed by atoms with Gasteiger partial charge >= 0.3 is 0 Å². The molecule has 0 aromatic carbocycles. The lowest BCUT2D eigenvalue weighted by Crippen LogP contribution is -2.12. The van der Waals surface area contributed by atoms with Crippen LogP contribution in [0.5, 0.6) is 5.88 Å². The van der Waals surface area contributed by atoms with Crippen LogP contribution in [0.25, 0.3) is 11.4 Å². The summed E-state index contributed by atoms with van der Waals surface area (Å²) in [5.74, 6) is 0.888. The highest BCUT2D eigenvalue weighted by molar-refractivity contribution is 6.29. The Balaban J connectivity index is 1.91. The van der Waals surface area contributed by atoms with Gasteiger partial charge in [0.1, 0.15) is 17.3 Å². The minimum absolute atomic E-state index is 0.201. The van der Waals surface area contributed by atoms with Gasteiger partial charge in [-0.3, -0.25) is 4.98 Å². The number of ether oxygens (including phenoxy) is 1. The molecule has 0 radical (unpaired) electrons. The Labute approximate surface area is 127 Å². The molecule has 2 heterocycles. The standard InChI is InChI=1S/C15H13ClN4O/c16-13-6-14(21-12-3-1-2-4-12)20-15(19-13)11-5-10(7-17)8-18-9-11/h5-6,8-9,12H,1-4H2. The summed E-state index contributed by atoms with van der Waals surface area (Å²) in [5.41, 5.74) is 1.10. The number of hydrogen-bond donors (Lipinski definition) is 0. The molecule has 0 aliphatic heterocycles. The van der Waals surface area contributed by atoms with E-state index in [4.69, 9.17) is 21.6 Å². The summed E-state index contributed by atoms with van der Waals surface area (Å²) in [6.07, 6.45) is 7.75. The summed E-state index contributed by atoms with van der Waals surface area (Å²) in [6, 6.07) is 5.34. The van der Waals surface area contributed by atoms with E-state index in [9.17, 15) is 0 Å². The zero-order valence-electron chi connectivity index (χ0n) is 11.3. The van der Waals surface area contributed by atoms with Crippen molar-refractivity contribution in [1.29, 1.82) is 5.26 Å². The van der Waals surface area contributed by atoms with E-state index in [0.717, 1.165) is 12.8 Å². The number of hydrogen-bond acceptors (Lipinski definition) is 5. The Kier molecular flexibility index (Phi) is 3.98. The first kappa shape index (κ1) is 13.8. The minimum atomic E-state index is 0.201. The van der Waals surface area contributed by atoms with Crippen molar-refractivity contribution in [2.24, 2.45) is 0 Å². The van der Waals surface area contributed by atoms with Crippen LogP contribution in [0.1, 0.15) is 31.2 Å². The highest BCUT2D eigenvalue weighted by atomic mass is 35.5. The normalized spacial score (nSPS) is 14.9. The molecule has 0 amide bonds. The summed E-state index contributed by atoms with van der Waals surface area (Å²) in [4.78, 5) is 12.6. The van der Waals surface area contributed by atoms with Crippen LogP contribution in [-0.4, -0.2) is 21.1 Å².